The summed E-state index contributed by atoms with van der Waals surface area (Å²) in [5, 5.41) is 4.92. The number of thioether (sulfide) groups is 1. The topological polar surface area (TPSA) is 76.7 Å². The van der Waals surface area contributed by atoms with Crippen molar-refractivity contribution in [3.63, 3.8) is 0 Å². The van der Waals surface area contributed by atoms with Crippen molar-refractivity contribution in [2.24, 2.45) is 0 Å². The van der Waals surface area contributed by atoms with Crippen molar-refractivity contribution in [3.05, 3.63) is 112 Å². The SMILES string of the molecule is COc1ccc(C(=O)Nc2ccc(SC(C(=O)Nc3ccc(Br)cc3F)c3ccccc3)cc2)cc1OC. The van der Waals surface area contributed by atoms with E-state index in [0.29, 0.717) is 27.2 Å². The number of benzene rings is 4. The van der Waals surface area contributed by atoms with Crippen LogP contribution in [0.4, 0.5) is 15.8 Å². The van der Waals surface area contributed by atoms with Gasteiger partial charge in [-0.05, 0) is 66.2 Å². The molecule has 4 aromatic rings. The molecule has 0 saturated heterocycles. The largest absolute Gasteiger partial charge is 0.493 e. The molecule has 2 N–H and O–H groups in total. The van der Waals surface area contributed by atoms with Gasteiger partial charge in [0, 0.05) is 20.6 Å². The van der Waals surface area contributed by atoms with Crippen LogP contribution in [0.5, 0.6) is 11.5 Å². The molecule has 4 aromatic carbocycles. The van der Waals surface area contributed by atoms with Gasteiger partial charge in [0.25, 0.3) is 5.91 Å². The van der Waals surface area contributed by atoms with Crippen LogP contribution in [0.25, 0.3) is 0 Å². The Bertz CT molecular complexity index is 1430. The molecule has 0 bridgehead atoms. The first-order chi connectivity index (χ1) is 18.4. The molecule has 0 radical (unpaired) electrons. The van der Waals surface area contributed by atoms with E-state index in [1.807, 2.05) is 42.5 Å². The van der Waals surface area contributed by atoms with Crippen LogP contribution in [0.2, 0.25) is 0 Å². The summed E-state index contributed by atoms with van der Waals surface area (Å²) in [6, 6.07) is 25.8. The van der Waals surface area contributed by atoms with Gasteiger partial charge in [-0.25, -0.2) is 4.39 Å². The number of rotatable bonds is 9. The zero-order valence-corrected chi connectivity index (χ0v) is 22.9. The van der Waals surface area contributed by atoms with Crippen LogP contribution in [-0.2, 0) is 4.79 Å². The number of hydrogen-bond acceptors (Lipinski definition) is 5. The van der Waals surface area contributed by atoms with Gasteiger partial charge in [-0.3, -0.25) is 9.59 Å². The lowest BCUT2D eigenvalue weighted by Crippen LogP contribution is -2.19. The van der Waals surface area contributed by atoms with Gasteiger partial charge in [0.05, 0.1) is 19.9 Å². The minimum atomic E-state index is -0.633. The van der Waals surface area contributed by atoms with Crippen LogP contribution in [0.1, 0.15) is 21.2 Å². The zero-order chi connectivity index (χ0) is 27.1. The molecule has 0 saturated carbocycles. The number of ether oxygens (including phenoxy) is 2. The van der Waals surface area contributed by atoms with E-state index >= 15 is 0 Å². The molecule has 0 fully saturated rings. The molecule has 9 heteroatoms. The third kappa shape index (κ3) is 6.73. The van der Waals surface area contributed by atoms with Crippen LogP contribution in [0, 0.1) is 5.82 Å². The van der Waals surface area contributed by atoms with Crippen molar-refractivity contribution in [2.45, 2.75) is 10.1 Å². The Morgan fingerprint density at radius 3 is 2.21 bits per heavy atom. The lowest BCUT2D eigenvalue weighted by Gasteiger charge is -2.18. The molecular weight excluding hydrogens is 571 g/mol. The van der Waals surface area contributed by atoms with E-state index in [-0.39, 0.29) is 17.5 Å². The molecule has 6 nitrogen and oxygen atoms in total. The van der Waals surface area contributed by atoms with Crippen molar-refractivity contribution in [1.82, 2.24) is 0 Å². The fraction of sp³-hybridized carbons (Fsp3) is 0.103. The van der Waals surface area contributed by atoms with Gasteiger partial charge >= 0.3 is 0 Å². The van der Waals surface area contributed by atoms with Gasteiger partial charge < -0.3 is 20.1 Å². The number of amides is 2. The van der Waals surface area contributed by atoms with Gasteiger partial charge in [-0.1, -0.05) is 46.3 Å². The molecule has 0 aliphatic carbocycles. The summed E-state index contributed by atoms with van der Waals surface area (Å²) in [6.45, 7) is 0. The molecule has 2 amide bonds. The molecule has 1 unspecified atom stereocenters. The van der Waals surface area contributed by atoms with E-state index in [1.165, 1.54) is 38.1 Å². The summed E-state index contributed by atoms with van der Waals surface area (Å²) in [5.74, 6) is -0.192. The number of methoxy groups -OCH3 is 2. The molecule has 4 rings (SSSR count). The zero-order valence-electron chi connectivity index (χ0n) is 20.5. The van der Waals surface area contributed by atoms with Gasteiger partial charge in [0.1, 0.15) is 11.1 Å². The van der Waals surface area contributed by atoms with Crippen LogP contribution in [0.3, 0.4) is 0 Å². The summed E-state index contributed by atoms with van der Waals surface area (Å²) >= 11 is 4.55. The van der Waals surface area contributed by atoms with Gasteiger partial charge in [-0.2, -0.15) is 0 Å². The van der Waals surface area contributed by atoms with Crippen LogP contribution < -0.4 is 20.1 Å². The molecule has 38 heavy (non-hydrogen) atoms. The summed E-state index contributed by atoms with van der Waals surface area (Å²) in [4.78, 5) is 26.8. The first-order valence-corrected chi connectivity index (χ1v) is 13.2. The Hall–Kier alpha value is -3.82. The van der Waals surface area contributed by atoms with Gasteiger partial charge in [0.2, 0.25) is 5.91 Å². The van der Waals surface area contributed by atoms with E-state index in [1.54, 1.807) is 36.4 Å². The third-order valence-corrected chi connectivity index (χ3v) is 7.30. The van der Waals surface area contributed by atoms with Gasteiger partial charge in [0.15, 0.2) is 11.5 Å². The number of anilines is 2. The Kier molecular flexibility index (Phi) is 9.04. The third-order valence-electron chi connectivity index (χ3n) is 5.54. The minimum absolute atomic E-state index is 0.105. The maximum atomic E-state index is 14.4. The molecule has 0 spiro atoms. The summed E-state index contributed by atoms with van der Waals surface area (Å²) in [5.41, 5.74) is 1.89. The first-order valence-electron chi connectivity index (χ1n) is 11.5. The molecule has 0 aliphatic heterocycles. The average Bonchev–Trinajstić information content (AvgIpc) is 2.94. The lowest BCUT2D eigenvalue weighted by molar-refractivity contribution is -0.115. The standard InChI is InChI=1S/C29H24BrFN2O4S/c1-36-25-15-8-19(16-26(25)37-2)28(34)32-21-10-12-22(13-11-21)38-27(18-6-4-3-5-7-18)29(35)33-24-14-9-20(30)17-23(24)31/h3-17,27H,1-2H3,(H,32,34)(H,33,35). The second-order valence-electron chi connectivity index (χ2n) is 8.07. The number of halogens is 2. The summed E-state index contributed by atoms with van der Waals surface area (Å²) in [6.07, 6.45) is 0. The molecule has 0 heterocycles. The van der Waals surface area contributed by atoms with Crippen molar-refractivity contribution in [2.75, 3.05) is 24.9 Å². The maximum Gasteiger partial charge on any atom is 0.255 e. The Morgan fingerprint density at radius 1 is 0.842 bits per heavy atom. The highest BCUT2D eigenvalue weighted by Crippen LogP contribution is 2.37. The molecular formula is C29H24BrFN2O4S. The highest BCUT2D eigenvalue weighted by molar-refractivity contribution is 9.10. The van der Waals surface area contributed by atoms with Crippen molar-refractivity contribution in [1.29, 1.82) is 0 Å². The van der Waals surface area contributed by atoms with Gasteiger partial charge in [-0.15, -0.1) is 11.8 Å². The van der Waals surface area contributed by atoms with E-state index in [4.69, 9.17) is 9.47 Å². The Morgan fingerprint density at radius 2 is 1.55 bits per heavy atom. The predicted octanol–water partition coefficient (Wildman–Crippen LogP) is 7.33. The van der Waals surface area contributed by atoms with Crippen molar-refractivity contribution < 1.29 is 23.5 Å². The normalized spacial score (nSPS) is 11.4. The van der Waals surface area contributed by atoms with E-state index in [2.05, 4.69) is 26.6 Å². The second kappa shape index (κ2) is 12.6. The molecule has 0 aliphatic rings. The van der Waals surface area contributed by atoms with E-state index < -0.39 is 11.1 Å². The molecule has 1 atom stereocenters. The Balaban J connectivity index is 1.49. The quantitative estimate of drug-likeness (QED) is 0.198. The minimum Gasteiger partial charge on any atom is -0.493 e. The van der Waals surface area contributed by atoms with Crippen molar-refractivity contribution in [3.8, 4) is 11.5 Å². The van der Waals surface area contributed by atoms with Crippen LogP contribution in [0.15, 0.2) is 100 Å². The highest BCUT2D eigenvalue weighted by atomic mass is 79.9. The van der Waals surface area contributed by atoms with Crippen LogP contribution in [-0.4, -0.2) is 26.0 Å². The fourth-order valence-electron chi connectivity index (χ4n) is 3.62. The summed E-state index contributed by atoms with van der Waals surface area (Å²) in [7, 11) is 3.04. The Labute approximate surface area is 232 Å². The first kappa shape index (κ1) is 27.2. The molecule has 194 valence electrons. The maximum absolute atomic E-state index is 14.4. The fourth-order valence-corrected chi connectivity index (χ4v) is 4.98. The number of nitrogens with one attached hydrogen (secondary N) is 2. The summed E-state index contributed by atoms with van der Waals surface area (Å²) < 4.78 is 25.4. The monoisotopic (exact) mass is 594 g/mol. The second-order valence-corrected chi connectivity index (χ2v) is 10.2. The number of hydrogen-bond donors (Lipinski definition) is 2. The lowest BCUT2D eigenvalue weighted by atomic mass is 10.1. The van der Waals surface area contributed by atoms with E-state index in [0.717, 1.165) is 10.5 Å². The molecule has 0 aromatic heterocycles. The smallest absolute Gasteiger partial charge is 0.255 e. The predicted molar refractivity (Wildman–Crippen MR) is 152 cm³/mol. The highest BCUT2D eigenvalue weighted by Gasteiger charge is 2.23. The average molecular weight is 595 g/mol. The van der Waals surface area contributed by atoms with Crippen molar-refractivity contribution >= 4 is 50.9 Å². The number of carbonyl (C=O) groups is 2. The van der Waals surface area contributed by atoms with E-state index in [9.17, 15) is 14.0 Å². The number of carbonyl (C=O) groups excluding carboxylic acids is 2. The van der Waals surface area contributed by atoms with Crippen LogP contribution >= 0.6 is 27.7 Å².